The molecule has 0 bridgehead atoms. The van der Waals surface area contributed by atoms with E-state index in [1.54, 1.807) is 0 Å². The van der Waals surface area contributed by atoms with Crippen molar-refractivity contribution in [2.45, 2.75) is 44.1 Å². The van der Waals surface area contributed by atoms with Crippen LogP contribution < -0.4 is 10.2 Å². The van der Waals surface area contributed by atoms with Gasteiger partial charge in [-0.25, -0.2) is 0 Å². The molecule has 0 amide bonds. The minimum Gasteiger partial charge on any atom is -0.394 e. The van der Waals surface area contributed by atoms with E-state index in [2.05, 4.69) is 25.2 Å². The number of aliphatic hydroxyl groups excluding tert-OH is 1. The predicted molar refractivity (Wildman–Crippen MR) is 78.2 cm³/mol. The highest BCUT2D eigenvalue weighted by Crippen LogP contribution is 2.34. The second-order valence-corrected chi connectivity index (χ2v) is 6.03. The maximum absolute atomic E-state index is 9.51. The molecule has 1 saturated heterocycles. The molecule has 1 aromatic rings. The topological polar surface area (TPSA) is 74.2 Å². The number of rotatable bonds is 4. The Hall–Kier alpha value is -1.14. The summed E-state index contributed by atoms with van der Waals surface area (Å²) in [5.74, 6) is 1.11. The van der Waals surface area contributed by atoms with E-state index in [1.807, 2.05) is 0 Å². The van der Waals surface area contributed by atoms with Crippen LogP contribution in [0.15, 0.2) is 0 Å². The lowest BCUT2D eigenvalue weighted by Gasteiger charge is -2.41. The highest BCUT2D eigenvalue weighted by Gasteiger charge is 2.37. The molecule has 3 rings (SSSR count). The minimum absolute atomic E-state index is 0.0926. The van der Waals surface area contributed by atoms with Crippen LogP contribution in [0.2, 0.25) is 5.28 Å². The number of nitrogens with one attached hydrogen (secondary N) is 1. The van der Waals surface area contributed by atoms with Crippen molar-refractivity contribution >= 4 is 23.5 Å². The molecular formula is C13H20ClN5O. The first-order chi connectivity index (χ1) is 9.71. The average molecular weight is 298 g/mol. The fourth-order valence-electron chi connectivity index (χ4n) is 2.79. The quantitative estimate of drug-likeness (QED) is 0.883. The summed E-state index contributed by atoms with van der Waals surface area (Å²) in [4.78, 5) is 15.0. The molecule has 110 valence electrons. The highest BCUT2D eigenvalue weighted by molar-refractivity contribution is 6.28. The number of aliphatic hydroxyl groups is 1. The molecule has 0 aromatic carbocycles. The summed E-state index contributed by atoms with van der Waals surface area (Å²) in [5, 5.41) is 13.0. The fraction of sp³-hybridized carbons (Fsp3) is 0.769. The standard InChI is InChI=1S/C13H20ClN5O/c14-10-15-11(18-13(9-20)5-4-6-13)17-12(16-10)19-7-2-1-3-8-19/h20H,1-9H2,(H,15,16,17,18). The molecule has 6 nitrogen and oxygen atoms in total. The van der Waals surface area contributed by atoms with Crippen molar-refractivity contribution in [3.63, 3.8) is 0 Å². The summed E-state index contributed by atoms with van der Waals surface area (Å²) in [5.41, 5.74) is -0.274. The van der Waals surface area contributed by atoms with Crippen molar-refractivity contribution in [2.75, 3.05) is 29.9 Å². The van der Waals surface area contributed by atoms with Gasteiger partial charge in [0.1, 0.15) is 0 Å². The number of anilines is 2. The smallest absolute Gasteiger partial charge is 0.231 e. The number of nitrogens with zero attached hydrogens (tertiary/aromatic N) is 4. The van der Waals surface area contributed by atoms with Crippen LogP contribution in [0.1, 0.15) is 38.5 Å². The molecule has 2 aliphatic rings. The van der Waals surface area contributed by atoms with Crippen LogP contribution in [0.3, 0.4) is 0 Å². The normalized spacial score (nSPS) is 21.4. The molecule has 0 spiro atoms. The van der Waals surface area contributed by atoms with Crippen LogP contribution >= 0.6 is 11.6 Å². The fourth-order valence-corrected chi connectivity index (χ4v) is 2.95. The molecule has 1 aromatic heterocycles. The second-order valence-electron chi connectivity index (χ2n) is 5.69. The van der Waals surface area contributed by atoms with Gasteiger partial charge in [0.15, 0.2) is 0 Å². The largest absolute Gasteiger partial charge is 0.394 e. The number of halogens is 1. The lowest BCUT2D eigenvalue weighted by atomic mass is 9.77. The lowest BCUT2D eigenvalue weighted by Crippen LogP contribution is -2.48. The molecule has 2 heterocycles. The zero-order valence-corrected chi connectivity index (χ0v) is 12.2. The van der Waals surface area contributed by atoms with Gasteiger partial charge in [0, 0.05) is 13.1 Å². The Labute approximate surface area is 123 Å². The first kappa shape index (κ1) is 13.8. The van der Waals surface area contributed by atoms with Crippen LogP contribution in [0.4, 0.5) is 11.9 Å². The molecule has 1 saturated carbocycles. The molecule has 2 fully saturated rings. The lowest BCUT2D eigenvalue weighted by molar-refractivity contribution is 0.143. The number of hydrogen-bond acceptors (Lipinski definition) is 6. The third kappa shape index (κ3) is 2.81. The SMILES string of the molecule is OCC1(Nc2nc(Cl)nc(N3CCCCC3)n2)CCC1. The van der Waals surface area contributed by atoms with Crippen molar-refractivity contribution in [1.82, 2.24) is 15.0 Å². The van der Waals surface area contributed by atoms with E-state index in [9.17, 15) is 5.11 Å². The Balaban J connectivity index is 1.79. The third-order valence-corrected chi connectivity index (χ3v) is 4.39. The van der Waals surface area contributed by atoms with Gasteiger partial charge in [-0.2, -0.15) is 15.0 Å². The van der Waals surface area contributed by atoms with E-state index >= 15 is 0 Å². The van der Waals surface area contributed by atoms with Gasteiger partial charge >= 0.3 is 0 Å². The van der Waals surface area contributed by atoms with Gasteiger partial charge < -0.3 is 15.3 Å². The van der Waals surface area contributed by atoms with Gasteiger partial charge in [-0.3, -0.25) is 0 Å². The maximum Gasteiger partial charge on any atom is 0.231 e. The Morgan fingerprint density at radius 1 is 1.10 bits per heavy atom. The molecule has 1 aliphatic carbocycles. The molecule has 7 heteroatoms. The van der Waals surface area contributed by atoms with E-state index < -0.39 is 0 Å². The second kappa shape index (κ2) is 5.69. The summed E-state index contributed by atoms with van der Waals surface area (Å²) >= 11 is 6.01. The van der Waals surface area contributed by atoms with Crippen molar-refractivity contribution in [2.24, 2.45) is 0 Å². The van der Waals surface area contributed by atoms with Crippen LogP contribution in [0.5, 0.6) is 0 Å². The summed E-state index contributed by atoms with van der Waals surface area (Å²) in [6, 6.07) is 0. The molecule has 0 atom stereocenters. The molecule has 2 N–H and O–H groups in total. The van der Waals surface area contributed by atoms with Gasteiger partial charge in [-0.1, -0.05) is 0 Å². The number of hydrogen-bond donors (Lipinski definition) is 2. The zero-order valence-electron chi connectivity index (χ0n) is 11.5. The first-order valence-electron chi connectivity index (χ1n) is 7.26. The number of aromatic nitrogens is 3. The monoisotopic (exact) mass is 297 g/mol. The first-order valence-corrected chi connectivity index (χ1v) is 7.64. The summed E-state index contributed by atoms with van der Waals surface area (Å²) in [6.45, 7) is 2.02. The molecule has 0 radical (unpaired) electrons. The Kier molecular flexibility index (Phi) is 3.94. The van der Waals surface area contributed by atoms with E-state index in [1.165, 1.54) is 6.42 Å². The van der Waals surface area contributed by atoms with Crippen molar-refractivity contribution in [3.05, 3.63) is 5.28 Å². The van der Waals surface area contributed by atoms with E-state index in [0.29, 0.717) is 11.9 Å². The molecular weight excluding hydrogens is 278 g/mol. The van der Waals surface area contributed by atoms with Crippen LogP contribution in [0, 0.1) is 0 Å². The predicted octanol–water partition coefficient (Wildman–Crippen LogP) is 1.84. The Morgan fingerprint density at radius 2 is 1.85 bits per heavy atom. The summed E-state index contributed by atoms with van der Waals surface area (Å²) < 4.78 is 0. The van der Waals surface area contributed by atoms with Gasteiger partial charge in [0.25, 0.3) is 0 Å². The van der Waals surface area contributed by atoms with Crippen LogP contribution in [0.25, 0.3) is 0 Å². The Morgan fingerprint density at radius 3 is 2.45 bits per heavy atom. The van der Waals surface area contributed by atoms with Gasteiger partial charge in [0.05, 0.1) is 12.1 Å². The van der Waals surface area contributed by atoms with E-state index in [4.69, 9.17) is 11.6 Å². The summed E-state index contributed by atoms with van der Waals surface area (Å²) in [6.07, 6.45) is 6.57. The van der Waals surface area contributed by atoms with Crippen LogP contribution in [-0.2, 0) is 0 Å². The summed E-state index contributed by atoms with van der Waals surface area (Å²) in [7, 11) is 0. The number of piperidine rings is 1. The highest BCUT2D eigenvalue weighted by atomic mass is 35.5. The average Bonchev–Trinajstić information content (AvgIpc) is 2.43. The Bertz CT molecular complexity index is 468. The molecule has 0 unspecified atom stereocenters. The van der Waals surface area contributed by atoms with E-state index in [-0.39, 0.29) is 17.4 Å². The molecule has 1 aliphatic heterocycles. The van der Waals surface area contributed by atoms with Gasteiger partial charge in [-0.15, -0.1) is 0 Å². The third-order valence-electron chi connectivity index (χ3n) is 4.23. The van der Waals surface area contributed by atoms with E-state index in [0.717, 1.165) is 45.2 Å². The van der Waals surface area contributed by atoms with Crippen molar-refractivity contribution < 1.29 is 5.11 Å². The minimum atomic E-state index is -0.274. The molecule has 20 heavy (non-hydrogen) atoms. The van der Waals surface area contributed by atoms with Crippen LogP contribution in [-0.4, -0.2) is 45.3 Å². The van der Waals surface area contributed by atoms with Gasteiger partial charge in [-0.05, 0) is 50.1 Å². The van der Waals surface area contributed by atoms with Crippen molar-refractivity contribution in [3.8, 4) is 0 Å². The van der Waals surface area contributed by atoms with Crippen molar-refractivity contribution in [1.29, 1.82) is 0 Å². The maximum atomic E-state index is 9.51. The zero-order chi connectivity index (χ0) is 14.0. The van der Waals surface area contributed by atoms with Gasteiger partial charge in [0.2, 0.25) is 17.2 Å².